The van der Waals surface area contributed by atoms with Crippen molar-refractivity contribution >= 4 is 23.9 Å². The van der Waals surface area contributed by atoms with Gasteiger partial charge in [0.2, 0.25) is 5.91 Å². The van der Waals surface area contributed by atoms with E-state index in [1.807, 2.05) is 0 Å². The Kier molecular flexibility index (Phi) is 6.82. The van der Waals surface area contributed by atoms with Crippen molar-refractivity contribution in [3.63, 3.8) is 0 Å². The van der Waals surface area contributed by atoms with E-state index in [0.717, 1.165) is 5.56 Å². The summed E-state index contributed by atoms with van der Waals surface area (Å²) in [5.74, 6) is -2.88. The Balaban J connectivity index is 2.21. The Morgan fingerprint density at radius 2 is 1.70 bits per heavy atom. The smallest absolute Gasteiger partial charge is 0.326 e. The Morgan fingerprint density at radius 1 is 1.07 bits per heavy atom. The average molecular weight is 370 g/mol. The summed E-state index contributed by atoms with van der Waals surface area (Å²) in [5, 5.41) is 14.2. The third kappa shape index (κ3) is 6.39. The zero-order chi connectivity index (χ0) is 19.8. The van der Waals surface area contributed by atoms with Crippen molar-refractivity contribution < 1.29 is 23.9 Å². The number of carboxylic acids is 1. The Labute approximate surface area is 155 Å². The molecular formula is C20H19FN2O4. The van der Waals surface area contributed by atoms with Crippen LogP contribution in [0.15, 0.2) is 60.3 Å². The summed E-state index contributed by atoms with van der Waals surface area (Å²) in [4.78, 5) is 35.4. The van der Waals surface area contributed by atoms with Gasteiger partial charge in [-0.1, -0.05) is 42.5 Å². The normalized spacial score (nSPS) is 12.1. The van der Waals surface area contributed by atoms with Gasteiger partial charge >= 0.3 is 5.97 Å². The van der Waals surface area contributed by atoms with E-state index in [0.29, 0.717) is 5.56 Å². The summed E-state index contributed by atoms with van der Waals surface area (Å²) in [6.45, 7) is 1.23. The van der Waals surface area contributed by atoms with Crippen LogP contribution in [0.2, 0.25) is 0 Å². The monoisotopic (exact) mass is 370 g/mol. The van der Waals surface area contributed by atoms with Gasteiger partial charge in [0, 0.05) is 13.3 Å². The first-order valence-electron chi connectivity index (χ1n) is 8.17. The summed E-state index contributed by atoms with van der Waals surface area (Å²) in [5.41, 5.74) is 1.09. The topological polar surface area (TPSA) is 95.5 Å². The van der Waals surface area contributed by atoms with E-state index in [2.05, 4.69) is 10.6 Å². The lowest BCUT2D eigenvalue weighted by molar-refractivity contribution is -0.141. The van der Waals surface area contributed by atoms with Gasteiger partial charge in [-0.05, 0) is 29.3 Å². The summed E-state index contributed by atoms with van der Waals surface area (Å²) in [6.07, 6.45) is 1.43. The van der Waals surface area contributed by atoms with E-state index in [-0.39, 0.29) is 12.1 Å². The molecule has 0 heterocycles. The highest BCUT2D eigenvalue weighted by Gasteiger charge is 2.22. The lowest BCUT2D eigenvalue weighted by Gasteiger charge is -2.16. The molecule has 0 bridgehead atoms. The molecule has 0 aliphatic heterocycles. The van der Waals surface area contributed by atoms with E-state index >= 15 is 0 Å². The fourth-order valence-electron chi connectivity index (χ4n) is 2.36. The zero-order valence-electron chi connectivity index (χ0n) is 14.6. The minimum absolute atomic E-state index is 0.0891. The van der Waals surface area contributed by atoms with Crippen LogP contribution in [-0.4, -0.2) is 28.9 Å². The zero-order valence-corrected chi connectivity index (χ0v) is 14.6. The molecule has 2 amide bonds. The van der Waals surface area contributed by atoms with E-state index < -0.39 is 29.6 Å². The molecule has 3 N–H and O–H groups in total. The standard InChI is InChI=1S/C20H19FN2O4/c1-13(24)22-17(11-15-7-9-16(21)10-8-15)19(25)23-18(20(26)27)12-14-5-3-2-4-6-14/h2-11,18H,12H2,1H3,(H,22,24)(H,23,25)(H,26,27)/b17-11-/t18-/m1/s1. The number of hydrogen-bond donors (Lipinski definition) is 3. The quantitative estimate of drug-likeness (QED) is 0.651. The molecular weight excluding hydrogens is 351 g/mol. The largest absolute Gasteiger partial charge is 0.480 e. The summed E-state index contributed by atoms with van der Waals surface area (Å²) >= 11 is 0. The van der Waals surface area contributed by atoms with Crippen LogP contribution < -0.4 is 10.6 Å². The molecule has 0 aliphatic carbocycles. The highest BCUT2D eigenvalue weighted by Crippen LogP contribution is 2.09. The maximum absolute atomic E-state index is 13.0. The number of amides is 2. The van der Waals surface area contributed by atoms with Crippen LogP contribution in [0.5, 0.6) is 0 Å². The Bertz CT molecular complexity index is 848. The number of nitrogens with one attached hydrogen (secondary N) is 2. The van der Waals surface area contributed by atoms with E-state index in [9.17, 15) is 23.9 Å². The molecule has 0 radical (unpaired) electrons. The molecule has 7 heteroatoms. The van der Waals surface area contributed by atoms with Crippen molar-refractivity contribution in [2.45, 2.75) is 19.4 Å². The van der Waals surface area contributed by atoms with Crippen molar-refractivity contribution in [1.29, 1.82) is 0 Å². The Hall–Kier alpha value is -3.48. The molecule has 0 aromatic heterocycles. The van der Waals surface area contributed by atoms with Crippen LogP contribution in [0.3, 0.4) is 0 Å². The van der Waals surface area contributed by atoms with Gasteiger partial charge in [0.25, 0.3) is 5.91 Å². The number of carboxylic acid groups (broad SMARTS) is 1. The predicted molar refractivity (Wildman–Crippen MR) is 97.9 cm³/mol. The molecule has 140 valence electrons. The third-order valence-corrected chi connectivity index (χ3v) is 3.62. The van der Waals surface area contributed by atoms with Crippen molar-refractivity contribution in [3.05, 3.63) is 77.2 Å². The highest BCUT2D eigenvalue weighted by molar-refractivity contribution is 6.02. The molecule has 6 nitrogen and oxygen atoms in total. The molecule has 0 saturated heterocycles. The maximum Gasteiger partial charge on any atom is 0.326 e. The second-order valence-electron chi connectivity index (χ2n) is 5.84. The molecule has 2 rings (SSSR count). The fourth-order valence-corrected chi connectivity index (χ4v) is 2.36. The summed E-state index contributed by atoms with van der Waals surface area (Å²) in [6, 6.07) is 13.0. The molecule has 0 spiro atoms. The van der Waals surface area contributed by atoms with Crippen molar-refractivity contribution in [2.24, 2.45) is 0 Å². The van der Waals surface area contributed by atoms with Crippen LogP contribution in [-0.2, 0) is 20.8 Å². The van der Waals surface area contributed by atoms with E-state index in [4.69, 9.17) is 0 Å². The molecule has 1 atom stereocenters. The summed E-state index contributed by atoms with van der Waals surface area (Å²) in [7, 11) is 0. The van der Waals surface area contributed by atoms with Gasteiger partial charge in [-0.2, -0.15) is 0 Å². The number of halogens is 1. The molecule has 0 saturated carbocycles. The predicted octanol–water partition coefficient (Wildman–Crippen LogP) is 2.11. The van der Waals surface area contributed by atoms with Crippen LogP contribution >= 0.6 is 0 Å². The number of aliphatic carboxylic acids is 1. The molecule has 0 aliphatic rings. The van der Waals surface area contributed by atoms with Gasteiger partial charge in [0.05, 0.1) is 0 Å². The molecule has 27 heavy (non-hydrogen) atoms. The van der Waals surface area contributed by atoms with Crippen molar-refractivity contribution in [2.75, 3.05) is 0 Å². The van der Waals surface area contributed by atoms with Crippen LogP contribution in [0.1, 0.15) is 18.1 Å². The number of rotatable bonds is 7. The molecule has 0 fully saturated rings. The number of carbonyl (C=O) groups is 3. The minimum atomic E-state index is -1.20. The van der Waals surface area contributed by atoms with E-state index in [1.165, 1.54) is 37.3 Å². The maximum atomic E-state index is 13.0. The van der Waals surface area contributed by atoms with Gasteiger partial charge in [-0.25, -0.2) is 9.18 Å². The molecule has 0 unspecified atom stereocenters. The first kappa shape index (κ1) is 19.8. The van der Waals surface area contributed by atoms with Gasteiger partial charge < -0.3 is 15.7 Å². The van der Waals surface area contributed by atoms with Crippen molar-refractivity contribution in [3.8, 4) is 0 Å². The first-order chi connectivity index (χ1) is 12.8. The second kappa shape index (κ2) is 9.28. The minimum Gasteiger partial charge on any atom is -0.480 e. The second-order valence-corrected chi connectivity index (χ2v) is 5.84. The van der Waals surface area contributed by atoms with Crippen LogP contribution in [0.25, 0.3) is 6.08 Å². The van der Waals surface area contributed by atoms with Crippen LogP contribution in [0, 0.1) is 5.82 Å². The molecule has 2 aromatic rings. The van der Waals surface area contributed by atoms with Crippen LogP contribution in [0.4, 0.5) is 4.39 Å². The van der Waals surface area contributed by atoms with Gasteiger partial charge in [0.15, 0.2) is 0 Å². The van der Waals surface area contributed by atoms with Crippen molar-refractivity contribution in [1.82, 2.24) is 10.6 Å². The lowest BCUT2D eigenvalue weighted by Crippen LogP contribution is -2.45. The third-order valence-electron chi connectivity index (χ3n) is 3.62. The number of carbonyl (C=O) groups excluding carboxylic acids is 2. The fraction of sp³-hybridized carbons (Fsp3) is 0.150. The highest BCUT2D eigenvalue weighted by atomic mass is 19.1. The average Bonchev–Trinajstić information content (AvgIpc) is 2.62. The van der Waals surface area contributed by atoms with Gasteiger partial charge in [-0.3, -0.25) is 9.59 Å². The van der Waals surface area contributed by atoms with E-state index in [1.54, 1.807) is 30.3 Å². The SMILES string of the molecule is CC(=O)N/C(=C\c1ccc(F)cc1)C(=O)N[C@H](Cc1ccccc1)C(=O)O. The van der Waals surface area contributed by atoms with Gasteiger partial charge in [0.1, 0.15) is 17.6 Å². The molecule has 2 aromatic carbocycles. The Morgan fingerprint density at radius 3 is 2.26 bits per heavy atom. The lowest BCUT2D eigenvalue weighted by atomic mass is 10.1. The summed E-state index contributed by atoms with van der Waals surface area (Å²) < 4.78 is 13.0. The first-order valence-corrected chi connectivity index (χ1v) is 8.17. The van der Waals surface area contributed by atoms with Gasteiger partial charge in [-0.15, -0.1) is 0 Å². The number of benzene rings is 2. The number of hydrogen-bond acceptors (Lipinski definition) is 3.